The Kier molecular flexibility index (Phi) is 1.50. The van der Waals surface area contributed by atoms with Crippen molar-refractivity contribution >= 4 is 0 Å². The summed E-state index contributed by atoms with van der Waals surface area (Å²) in [5.41, 5.74) is 2.60. The smallest absolute Gasteiger partial charge is 0.0792 e. The molecule has 1 heteroatoms. The number of benzene rings is 1. The molecule has 0 heterocycles. The summed E-state index contributed by atoms with van der Waals surface area (Å²) in [4.78, 5) is 0. The molecule has 1 aromatic rings. The molecule has 1 aromatic carbocycles. The van der Waals surface area contributed by atoms with Gasteiger partial charge in [0.1, 0.15) is 0 Å². The van der Waals surface area contributed by atoms with Gasteiger partial charge < -0.3 is 5.11 Å². The molecule has 0 amide bonds. The Morgan fingerprint density at radius 1 is 1.08 bits per heavy atom. The van der Waals surface area contributed by atoms with Crippen LogP contribution in [-0.2, 0) is 0 Å². The van der Waals surface area contributed by atoms with Crippen molar-refractivity contribution in [2.45, 2.75) is 31.3 Å². The quantitative estimate of drug-likeness (QED) is 0.641. The second kappa shape index (κ2) is 2.58. The van der Waals surface area contributed by atoms with Gasteiger partial charge in [0.15, 0.2) is 0 Å². The van der Waals surface area contributed by atoms with Gasteiger partial charge in [-0.1, -0.05) is 24.3 Å². The Bertz CT molecular complexity index is 311. The number of hydrogen-bond donors (Lipinski definition) is 1. The number of rotatable bonds is 0. The van der Waals surface area contributed by atoms with Crippen LogP contribution >= 0.6 is 0 Å². The van der Waals surface area contributed by atoms with Crippen LogP contribution < -0.4 is 0 Å². The van der Waals surface area contributed by atoms with Crippen LogP contribution in [-0.4, -0.2) is 5.11 Å². The van der Waals surface area contributed by atoms with Crippen molar-refractivity contribution in [3.8, 4) is 0 Å². The van der Waals surface area contributed by atoms with Gasteiger partial charge in [-0.2, -0.15) is 0 Å². The van der Waals surface area contributed by atoms with Gasteiger partial charge in [-0.05, 0) is 42.2 Å². The largest absolute Gasteiger partial charge is 0.388 e. The Hall–Kier alpha value is -0.820. The first-order valence-electron chi connectivity index (χ1n) is 5.13. The fraction of sp³-hybridized carbons (Fsp3) is 0.500. The fourth-order valence-corrected chi connectivity index (χ4v) is 2.63. The van der Waals surface area contributed by atoms with E-state index in [-0.39, 0.29) is 6.10 Å². The van der Waals surface area contributed by atoms with Gasteiger partial charge in [-0.15, -0.1) is 0 Å². The molecule has 0 aliphatic heterocycles. The normalized spacial score (nSPS) is 35.9. The summed E-state index contributed by atoms with van der Waals surface area (Å²) in [6, 6.07) is 8.40. The van der Waals surface area contributed by atoms with Crippen molar-refractivity contribution in [3.05, 3.63) is 35.4 Å². The Balaban J connectivity index is 2.10. The van der Waals surface area contributed by atoms with Crippen LogP contribution in [0.5, 0.6) is 0 Å². The standard InChI is InChI=1S/C12H14O/c13-12-6-5-8-7-11(8)9-3-1-2-4-10(9)12/h1-4,8,11-13H,5-7H2/t8-,11+,12+/m1/s1. The van der Waals surface area contributed by atoms with Crippen LogP contribution in [0.25, 0.3) is 0 Å². The minimum Gasteiger partial charge on any atom is -0.388 e. The van der Waals surface area contributed by atoms with Crippen molar-refractivity contribution in [3.63, 3.8) is 0 Å². The molecule has 0 unspecified atom stereocenters. The highest BCUT2D eigenvalue weighted by molar-refractivity contribution is 5.37. The topological polar surface area (TPSA) is 20.2 Å². The molecule has 3 rings (SSSR count). The van der Waals surface area contributed by atoms with E-state index in [0.29, 0.717) is 0 Å². The van der Waals surface area contributed by atoms with Gasteiger partial charge in [-0.25, -0.2) is 0 Å². The lowest BCUT2D eigenvalue weighted by Gasteiger charge is -2.11. The zero-order valence-electron chi connectivity index (χ0n) is 7.61. The Labute approximate surface area is 78.4 Å². The first kappa shape index (κ1) is 7.57. The molecule has 0 spiro atoms. The van der Waals surface area contributed by atoms with Gasteiger partial charge in [0.2, 0.25) is 0 Å². The molecule has 0 aromatic heterocycles. The van der Waals surface area contributed by atoms with E-state index in [1.807, 2.05) is 6.07 Å². The summed E-state index contributed by atoms with van der Waals surface area (Å²) in [5.74, 6) is 1.65. The number of aliphatic hydroxyl groups excluding tert-OH is 1. The minimum atomic E-state index is -0.205. The minimum absolute atomic E-state index is 0.205. The second-order valence-electron chi connectivity index (χ2n) is 4.32. The van der Waals surface area contributed by atoms with E-state index in [2.05, 4.69) is 18.2 Å². The zero-order valence-corrected chi connectivity index (χ0v) is 7.61. The lowest BCUT2D eigenvalue weighted by Crippen LogP contribution is -1.98. The highest BCUT2D eigenvalue weighted by Gasteiger charge is 2.41. The average molecular weight is 174 g/mol. The molecule has 68 valence electrons. The van der Waals surface area contributed by atoms with Gasteiger partial charge >= 0.3 is 0 Å². The maximum absolute atomic E-state index is 9.88. The Morgan fingerprint density at radius 2 is 1.85 bits per heavy atom. The molecule has 0 bridgehead atoms. The summed E-state index contributed by atoms with van der Waals surface area (Å²) in [6.45, 7) is 0. The molecule has 13 heavy (non-hydrogen) atoms. The molecular weight excluding hydrogens is 160 g/mol. The van der Waals surface area contributed by atoms with Crippen LogP contribution in [0.2, 0.25) is 0 Å². The third kappa shape index (κ3) is 1.11. The van der Waals surface area contributed by atoms with Crippen LogP contribution in [0.15, 0.2) is 24.3 Å². The van der Waals surface area contributed by atoms with Crippen LogP contribution in [0, 0.1) is 5.92 Å². The zero-order chi connectivity index (χ0) is 8.84. The molecule has 1 saturated carbocycles. The number of fused-ring (bicyclic) bond motifs is 3. The highest BCUT2D eigenvalue weighted by atomic mass is 16.3. The molecular formula is C12H14O. The van der Waals surface area contributed by atoms with Crippen molar-refractivity contribution in [2.75, 3.05) is 0 Å². The van der Waals surface area contributed by atoms with Gasteiger partial charge in [0, 0.05) is 0 Å². The van der Waals surface area contributed by atoms with Crippen molar-refractivity contribution in [2.24, 2.45) is 5.92 Å². The first-order valence-corrected chi connectivity index (χ1v) is 5.13. The monoisotopic (exact) mass is 174 g/mol. The molecule has 3 atom stereocenters. The molecule has 1 fully saturated rings. The predicted molar refractivity (Wildman–Crippen MR) is 51.5 cm³/mol. The van der Waals surface area contributed by atoms with Crippen molar-refractivity contribution in [1.82, 2.24) is 0 Å². The van der Waals surface area contributed by atoms with E-state index in [1.165, 1.54) is 24.0 Å². The number of hydrogen-bond acceptors (Lipinski definition) is 1. The maximum Gasteiger partial charge on any atom is 0.0792 e. The van der Waals surface area contributed by atoms with Crippen molar-refractivity contribution in [1.29, 1.82) is 0 Å². The summed E-state index contributed by atoms with van der Waals surface area (Å²) >= 11 is 0. The Morgan fingerprint density at radius 3 is 2.69 bits per heavy atom. The molecule has 0 saturated heterocycles. The van der Waals surface area contributed by atoms with Gasteiger partial charge in [0.05, 0.1) is 6.10 Å². The van der Waals surface area contributed by atoms with Crippen molar-refractivity contribution < 1.29 is 5.11 Å². The molecule has 1 nitrogen and oxygen atoms in total. The average Bonchev–Trinajstić information content (AvgIpc) is 2.92. The molecule has 1 N–H and O–H groups in total. The summed E-state index contributed by atoms with van der Waals surface area (Å²) in [6.07, 6.45) is 3.31. The van der Waals surface area contributed by atoms with E-state index in [4.69, 9.17) is 0 Å². The second-order valence-corrected chi connectivity index (χ2v) is 4.32. The fourth-order valence-electron chi connectivity index (χ4n) is 2.63. The molecule has 2 aliphatic carbocycles. The molecule has 0 radical (unpaired) electrons. The van der Waals surface area contributed by atoms with Gasteiger partial charge in [-0.3, -0.25) is 0 Å². The van der Waals surface area contributed by atoms with E-state index >= 15 is 0 Å². The van der Waals surface area contributed by atoms with Crippen LogP contribution in [0.1, 0.15) is 42.4 Å². The van der Waals surface area contributed by atoms with E-state index in [1.54, 1.807) is 0 Å². The highest BCUT2D eigenvalue weighted by Crippen LogP contribution is 2.54. The number of aliphatic hydroxyl groups is 1. The SMILES string of the molecule is O[C@H]1CC[C@@H]2C[C@@H]2c2ccccc21. The van der Waals surface area contributed by atoms with Crippen LogP contribution in [0.4, 0.5) is 0 Å². The summed E-state index contributed by atoms with van der Waals surface area (Å²) < 4.78 is 0. The third-order valence-corrected chi connectivity index (χ3v) is 3.49. The van der Waals surface area contributed by atoms with Gasteiger partial charge in [0.25, 0.3) is 0 Å². The van der Waals surface area contributed by atoms with E-state index in [0.717, 1.165) is 18.3 Å². The lowest BCUT2D eigenvalue weighted by atomic mass is 9.99. The van der Waals surface area contributed by atoms with Crippen LogP contribution in [0.3, 0.4) is 0 Å². The maximum atomic E-state index is 9.88. The third-order valence-electron chi connectivity index (χ3n) is 3.49. The lowest BCUT2D eigenvalue weighted by molar-refractivity contribution is 0.164. The van der Waals surface area contributed by atoms with E-state index in [9.17, 15) is 5.11 Å². The summed E-state index contributed by atoms with van der Waals surface area (Å²) in [5, 5.41) is 9.88. The van der Waals surface area contributed by atoms with E-state index < -0.39 is 0 Å². The molecule has 2 aliphatic rings. The predicted octanol–water partition coefficient (Wildman–Crippen LogP) is 2.62. The summed E-state index contributed by atoms with van der Waals surface area (Å²) in [7, 11) is 0. The first-order chi connectivity index (χ1) is 6.36.